The summed E-state index contributed by atoms with van der Waals surface area (Å²) >= 11 is 0. The zero-order valence-electron chi connectivity index (χ0n) is 9.32. The Kier molecular flexibility index (Phi) is 4.98. The highest BCUT2D eigenvalue weighted by molar-refractivity contribution is 5.95. The lowest BCUT2D eigenvalue weighted by atomic mass is 10.1. The quantitative estimate of drug-likeness (QED) is 0.531. The Balaban J connectivity index is 2.40. The fourth-order valence-electron chi connectivity index (χ4n) is 1.33. The van der Waals surface area contributed by atoms with Crippen molar-refractivity contribution in [2.24, 2.45) is 0 Å². The summed E-state index contributed by atoms with van der Waals surface area (Å²) in [5, 5.41) is 0. The Morgan fingerprint density at radius 2 is 2.27 bits per heavy atom. The topological polar surface area (TPSA) is 39.2 Å². The van der Waals surface area contributed by atoms with Crippen molar-refractivity contribution in [1.29, 1.82) is 0 Å². The van der Waals surface area contributed by atoms with Crippen LogP contribution in [0.25, 0.3) is 0 Å². The number of ketones is 1. The van der Waals surface area contributed by atoms with Crippen molar-refractivity contribution in [3.8, 4) is 0 Å². The van der Waals surface area contributed by atoms with Crippen LogP contribution < -0.4 is 0 Å². The van der Waals surface area contributed by atoms with Crippen LogP contribution in [0.1, 0.15) is 35.7 Å². The van der Waals surface area contributed by atoms with E-state index in [9.17, 15) is 4.79 Å². The van der Waals surface area contributed by atoms with Crippen LogP contribution in [0.2, 0.25) is 0 Å². The van der Waals surface area contributed by atoms with E-state index in [1.165, 1.54) is 0 Å². The molecule has 0 amide bonds. The zero-order chi connectivity index (χ0) is 11.1. The summed E-state index contributed by atoms with van der Waals surface area (Å²) in [4.78, 5) is 15.7. The first-order valence-electron chi connectivity index (χ1n) is 5.26. The SMILES string of the molecule is CCOCCCC(=O)c1cncc(C)c1. The van der Waals surface area contributed by atoms with E-state index in [-0.39, 0.29) is 5.78 Å². The van der Waals surface area contributed by atoms with Gasteiger partial charge in [-0.3, -0.25) is 9.78 Å². The molecule has 1 rings (SSSR count). The maximum Gasteiger partial charge on any atom is 0.164 e. The summed E-state index contributed by atoms with van der Waals surface area (Å²) in [5.74, 6) is 0.144. The van der Waals surface area contributed by atoms with Crippen LogP contribution in [0.15, 0.2) is 18.5 Å². The molecule has 0 N–H and O–H groups in total. The predicted molar refractivity (Wildman–Crippen MR) is 59.0 cm³/mol. The van der Waals surface area contributed by atoms with Gasteiger partial charge in [0.25, 0.3) is 0 Å². The second kappa shape index (κ2) is 6.30. The van der Waals surface area contributed by atoms with Crippen molar-refractivity contribution >= 4 is 5.78 Å². The number of pyridine rings is 1. The highest BCUT2D eigenvalue weighted by Crippen LogP contribution is 2.06. The number of carbonyl (C=O) groups is 1. The van der Waals surface area contributed by atoms with Crippen molar-refractivity contribution in [1.82, 2.24) is 4.98 Å². The summed E-state index contributed by atoms with van der Waals surface area (Å²) in [7, 11) is 0. The molecular formula is C12H17NO2. The monoisotopic (exact) mass is 207 g/mol. The first kappa shape index (κ1) is 11.9. The van der Waals surface area contributed by atoms with Gasteiger partial charge in [-0.15, -0.1) is 0 Å². The molecule has 0 aliphatic heterocycles. The molecule has 82 valence electrons. The summed E-state index contributed by atoms with van der Waals surface area (Å²) in [6.45, 7) is 5.25. The van der Waals surface area contributed by atoms with Crippen molar-refractivity contribution in [2.45, 2.75) is 26.7 Å². The Hall–Kier alpha value is -1.22. The van der Waals surface area contributed by atoms with Crippen LogP contribution >= 0.6 is 0 Å². The molecule has 0 aromatic carbocycles. The summed E-state index contributed by atoms with van der Waals surface area (Å²) in [5.41, 5.74) is 1.72. The minimum absolute atomic E-state index is 0.144. The highest BCUT2D eigenvalue weighted by Gasteiger charge is 2.05. The van der Waals surface area contributed by atoms with Gasteiger partial charge in [0, 0.05) is 37.6 Å². The molecule has 0 atom stereocenters. The van der Waals surface area contributed by atoms with E-state index in [0.717, 1.165) is 12.0 Å². The van der Waals surface area contributed by atoms with Gasteiger partial charge < -0.3 is 4.74 Å². The largest absolute Gasteiger partial charge is 0.382 e. The average Bonchev–Trinajstić information content (AvgIpc) is 2.24. The van der Waals surface area contributed by atoms with E-state index < -0.39 is 0 Å². The maximum atomic E-state index is 11.7. The van der Waals surface area contributed by atoms with Crippen LogP contribution in [0, 0.1) is 6.92 Å². The molecule has 3 heteroatoms. The van der Waals surface area contributed by atoms with Gasteiger partial charge in [-0.25, -0.2) is 0 Å². The number of rotatable bonds is 6. The average molecular weight is 207 g/mol. The molecule has 15 heavy (non-hydrogen) atoms. The molecule has 0 saturated carbocycles. The van der Waals surface area contributed by atoms with E-state index >= 15 is 0 Å². The van der Waals surface area contributed by atoms with Crippen molar-refractivity contribution < 1.29 is 9.53 Å². The van der Waals surface area contributed by atoms with Crippen LogP contribution in [0.3, 0.4) is 0 Å². The van der Waals surface area contributed by atoms with Crippen LogP contribution in [0.4, 0.5) is 0 Å². The van der Waals surface area contributed by atoms with Gasteiger partial charge >= 0.3 is 0 Å². The maximum absolute atomic E-state index is 11.7. The molecule has 0 bridgehead atoms. The Labute approximate surface area is 90.5 Å². The summed E-state index contributed by atoms with van der Waals surface area (Å²) in [6.07, 6.45) is 4.68. The molecule has 1 heterocycles. The van der Waals surface area contributed by atoms with Crippen LogP contribution in [-0.4, -0.2) is 24.0 Å². The minimum atomic E-state index is 0.144. The van der Waals surface area contributed by atoms with Crippen LogP contribution in [0.5, 0.6) is 0 Å². The van der Waals surface area contributed by atoms with Gasteiger partial charge in [-0.05, 0) is 31.9 Å². The van der Waals surface area contributed by atoms with Gasteiger partial charge in [0.05, 0.1) is 0 Å². The fraction of sp³-hybridized carbons (Fsp3) is 0.500. The number of hydrogen-bond donors (Lipinski definition) is 0. The predicted octanol–water partition coefficient (Wildman–Crippen LogP) is 2.39. The molecule has 1 aromatic heterocycles. The molecular weight excluding hydrogens is 190 g/mol. The van der Waals surface area contributed by atoms with E-state index in [1.54, 1.807) is 12.4 Å². The molecule has 0 saturated heterocycles. The second-order valence-electron chi connectivity index (χ2n) is 3.47. The number of carbonyl (C=O) groups excluding carboxylic acids is 1. The number of hydrogen-bond acceptors (Lipinski definition) is 3. The van der Waals surface area contributed by atoms with E-state index in [1.807, 2.05) is 19.9 Å². The highest BCUT2D eigenvalue weighted by atomic mass is 16.5. The lowest BCUT2D eigenvalue weighted by molar-refractivity contribution is 0.0946. The molecule has 0 unspecified atom stereocenters. The third kappa shape index (κ3) is 4.21. The van der Waals surface area contributed by atoms with Crippen molar-refractivity contribution in [3.63, 3.8) is 0 Å². The number of Topliss-reactive ketones (excluding diaryl/α,β-unsaturated/α-hetero) is 1. The van der Waals surface area contributed by atoms with Gasteiger partial charge in [-0.2, -0.15) is 0 Å². The normalized spacial score (nSPS) is 10.3. The molecule has 0 aliphatic carbocycles. The fourth-order valence-corrected chi connectivity index (χ4v) is 1.33. The second-order valence-corrected chi connectivity index (χ2v) is 3.47. The van der Waals surface area contributed by atoms with Crippen molar-refractivity contribution in [2.75, 3.05) is 13.2 Å². The van der Waals surface area contributed by atoms with E-state index in [4.69, 9.17) is 4.74 Å². The minimum Gasteiger partial charge on any atom is -0.382 e. The molecule has 0 fully saturated rings. The molecule has 0 spiro atoms. The third-order valence-electron chi connectivity index (χ3n) is 2.09. The summed E-state index contributed by atoms with van der Waals surface area (Å²) in [6, 6.07) is 1.87. The lowest BCUT2D eigenvalue weighted by Crippen LogP contribution is -2.03. The molecule has 0 radical (unpaired) electrons. The first-order chi connectivity index (χ1) is 7.24. The number of aryl methyl sites for hydroxylation is 1. The number of nitrogens with zero attached hydrogens (tertiary/aromatic N) is 1. The zero-order valence-corrected chi connectivity index (χ0v) is 9.32. The van der Waals surface area contributed by atoms with Crippen molar-refractivity contribution in [3.05, 3.63) is 29.6 Å². The molecule has 1 aromatic rings. The molecule has 0 aliphatic rings. The first-order valence-corrected chi connectivity index (χ1v) is 5.26. The van der Waals surface area contributed by atoms with E-state index in [2.05, 4.69) is 4.98 Å². The third-order valence-corrected chi connectivity index (χ3v) is 2.09. The molecule has 3 nitrogen and oxygen atoms in total. The van der Waals surface area contributed by atoms with Gasteiger partial charge in [0.15, 0.2) is 5.78 Å². The lowest BCUT2D eigenvalue weighted by Gasteiger charge is -2.02. The smallest absolute Gasteiger partial charge is 0.164 e. The van der Waals surface area contributed by atoms with E-state index in [0.29, 0.717) is 25.2 Å². The van der Waals surface area contributed by atoms with Gasteiger partial charge in [0.1, 0.15) is 0 Å². The van der Waals surface area contributed by atoms with Gasteiger partial charge in [0.2, 0.25) is 0 Å². The van der Waals surface area contributed by atoms with Gasteiger partial charge in [-0.1, -0.05) is 0 Å². The summed E-state index contributed by atoms with van der Waals surface area (Å²) < 4.78 is 5.18. The Morgan fingerprint density at radius 3 is 2.93 bits per heavy atom. The number of aromatic nitrogens is 1. The Morgan fingerprint density at radius 1 is 1.47 bits per heavy atom. The number of ether oxygens (including phenoxy) is 1. The Bertz CT molecular complexity index is 323. The van der Waals surface area contributed by atoms with Crippen LogP contribution in [-0.2, 0) is 4.74 Å². The standard InChI is InChI=1S/C12H17NO2/c1-3-15-6-4-5-12(14)11-7-10(2)8-13-9-11/h7-9H,3-6H2,1-2H3.